The molecule has 2 aliphatic rings. The van der Waals surface area contributed by atoms with Crippen LogP contribution in [0.1, 0.15) is 68.9 Å². The van der Waals surface area contributed by atoms with Crippen LogP contribution >= 0.6 is 0 Å². The normalized spacial score (nSPS) is 25.2. The maximum Gasteiger partial charge on any atom is 0.243 e. The number of methoxy groups -OCH3 is 1. The van der Waals surface area contributed by atoms with Crippen molar-refractivity contribution in [2.45, 2.75) is 101 Å². The van der Waals surface area contributed by atoms with Crippen molar-refractivity contribution in [3.05, 3.63) is 23.3 Å². The molecular weight excluding hydrogens is 476 g/mol. The molecule has 0 heterocycles. The number of aryl methyl sites for hydroxylation is 2. The highest BCUT2D eigenvalue weighted by atomic mass is 32.2. The fourth-order valence-corrected chi connectivity index (χ4v) is 7.34. The summed E-state index contributed by atoms with van der Waals surface area (Å²) in [6.07, 6.45) is 9.24. The van der Waals surface area contributed by atoms with Gasteiger partial charge in [0, 0.05) is 44.2 Å². The van der Waals surface area contributed by atoms with E-state index in [-0.39, 0.29) is 29.8 Å². The summed E-state index contributed by atoms with van der Waals surface area (Å²) >= 11 is 0. The van der Waals surface area contributed by atoms with Gasteiger partial charge in [-0.1, -0.05) is 0 Å². The lowest BCUT2D eigenvalue weighted by atomic mass is 9.87. The third-order valence-electron chi connectivity index (χ3n) is 7.98. The Balaban J connectivity index is 1.41. The van der Waals surface area contributed by atoms with Crippen molar-refractivity contribution in [2.24, 2.45) is 0 Å². The number of rotatable bonds is 10. The fourth-order valence-electron chi connectivity index (χ4n) is 5.77. The van der Waals surface area contributed by atoms with Crippen molar-refractivity contribution in [2.75, 3.05) is 34.8 Å². The first-order valence-electron chi connectivity index (χ1n) is 13.3. The van der Waals surface area contributed by atoms with Crippen molar-refractivity contribution < 1.29 is 17.9 Å². The van der Waals surface area contributed by atoms with Crippen molar-refractivity contribution in [3.8, 4) is 5.75 Å². The van der Waals surface area contributed by atoms with Crippen molar-refractivity contribution >= 4 is 15.9 Å². The van der Waals surface area contributed by atoms with Gasteiger partial charge >= 0.3 is 0 Å². The number of sulfonamides is 1. The zero-order valence-electron chi connectivity index (χ0n) is 23.0. The van der Waals surface area contributed by atoms with E-state index in [1.165, 1.54) is 37.0 Å². The van der Waals surface area contributed by atoms with E-state index < -0.39 is 10.0 Å². The molecule has 1 aromatic rings. The van der Waals surface area contributed by atoms with Crippen LogP contribution < -0.4 is 15.4 Å². The molecule has 0 spiro atoms. The van der Waals surface area contributed by atoms with Crippen LogP contribution in [0, 0.1) is 13.8 Å². The highest BCUT2D eigenvalue weighted by molar-refractivity contribution is 7.89. The van der Waals surface area contributed by atoms with Crippen LogP contribution in [0.25, 0.3) is 0 Å². The second kappa shape index (κ2) is 12.7. The van der Waals surface area contributed by atoms with E-state index in [4.69, 9.17) is 4.74 Å². The van der Waals surface area contributed by atoms with Crippen LogP contribution in [0.3, 0.4) is 0 Å². The van der Waals surface area contributed by atoms with Gasteiger partial charge in [-0.05, 0) is 103 Å². The van der Waals surface area contributed by atoms with Gasteiger partial charge in [0.2, 0.25) is 15.9 Å². The molecule has 0 saturated heterocycles. The zero-order chi connectivity index (χ0) is 26.5. The topological polar surface area (TPSA) is 91.0 Å². The Hall–Kier alpha value is -1.68. The summed E-state index contributed by atoms with van der Waals surface area (Å²) in [5.41, 5.74) is 1.28. The molecule has 9 heteroatoms. The number of carbonyl (C=O) groups is 1. The summed E-state index contributed by atoms with van der Waals surface area (Å²) in [6, 6.07) is 5.49. The molecule has 0 aromatic heterocycles. The predicted octanol–water partition coefficient (Wildman–Crippen LogP) is 3.21. The molecule has 204 valence electrons. The molecule has 1 amide bonds. The second-order valence-corrected chi connectivity index (χ2v) is 12.9. The van der Waals surface area contributed by atoms with Gasteiger partial charge in [-0.25, -0.2) is 12.7 Å². The summed E-state index contributed by atoms with van der Waals surface area (Å²) in [6.45, 7) is 3.68. The van der Waals surface area contributed by atoms with E-state index in [1.54, 1.807) is 33.1 Å². The van der Waals surface area contributed by atoms with Gasteiger partial charge in [-0.3, -0.25) is 4.79 Å². The van der Waals surface area contributed by atoms with Crippen LogP contribution in [-0.4, -0.2) is 82.5 Å². The van der Waals surface area contributed by atoms with Gasteiger partial charge in [0.25, 0.3) is 0 Å². The summed E-state index contributed by atoms with van der Waals surface area (Å²) in [4.78, 5) is 15.2. The number of nitrogens with one attached hydrogen (secondary N) is 2. The van der Waals surface area contributed by atoms with E-state index in [2.05, 4.69) is 29.6 Å². The minimum Gasteiger partial charge on any atom is -0.497 e. The molecule has 2 saturated carbocycles. The number of amides is 1. The average molecular weight is 523 g/mol. The largest absolute Gasteiger partial charge is 0.497 e. The lowest BCUT2D eigenvalue weighted by molar-refractivity contribution is -0.122. The average Bonchev–Trinajstić information content (AvgIpc) is 2.83. The molecule has 3 rings (SSSR count). The molecule has 36 heavy (non-hydrogen) atoms. The first-order chi connectivity index (χ1) is 17.0. The predicted molar refractivity (Wildman–Crippen MR) is 144 cm³/mol. The molecule has 0 aliphatic heterocycles. The van der Waals surface area contributed by atoms with Crippen LogP contribution in [0.4, 0.5) is 0 Å². The first kappa shape index (κ1) is 28.9. The minimum atomic E-state index is -3.70. The first-order valence-corrected chi connectivity index (χ1v) is 14.8. The molecule has 0 unspecified atom stereocenters. The second-order valence-electron chi connectivity index (χ2n) is 10.9. The van der Waals surface area contributed by atoms with E-state index in [1.807, 2.05) is 0 Å². The summed E-state index contributed by atoms with van der Waals surface area (Å²) in [7, 11) is 3.75. The van der Waals surface area contributed by atoms with E-state index in [0.717, 1.165) is 25.7 Å². The smallest absolute Gasteiger partial charge is 0.243 e. The zero-order valence-corrected chi connectivity index (χ0v) is 23.8. The minimum absolute atomic E-state index is 0.0846. The standard InChI is InChI=1S/C27H46N4O4S/c1-19-17-25(35-6)18-20(2)27(19)36(33,34)31(5)16-15-26(32)29-23-9-7-21(8-10-23)28-22-11-13-24(14-12-22)30(3)4/h17-18,21-24,28H,7-16H2,1-6H3,(H,29,32)/t21?,22-,23?,24-. The van der Waals surface area contributed by atoms with E-state index in [0.29, 0.717) is 35.0 Å². The molecule has 2 aliphatic carbocycles. The summed E-state index contributed by atoms with van der Waals surface area (Å²) < 4.78 is 32.9. The van der Waals surface area contributed by atoms with Gasteiger partial charge in [0.05, 0.1) is 12.0 Å². The number of hydrogen-bond acceptors (Lipinski definition) is 6. The van der Waals surface area contributed by atoms with Crippen molar-refractivity contribution in [1.82, 2.24) is 19.8 Å². The molecular formula is C27H46N4O4S. The Bertz CT molecular complexity index is 958. The van der Waals surface area contributed by atoms with Crippen LogP contribution in [0.15, 0.2) is 17.0 Å². The van der Waals surface area contributed by atoms with E-state index in [9.17, 15) is 13.2 Å². The highest BCUT2D eigenvalue weighted by Gasteiger charge is 2.29. The Kier molecular flexibility index (Phi) is 10.2. The molecule has 2 fully saturated rings. The lowest BCUT2D eigenvalue weighted by Gasteiger charge is -2.37. The molecule has 8 nitrogen and oxygen atoms in total. The molecule has 0 radical (unpaired) electrons. The Morgan fingerprint density at radius 3 is 1.92 bits per heavy atom. The third-order valence-corrected chi connectivity index (χ3v) is 10.1. The maximum absolute atomic E-state index is 13.2. The Morgan fingerprint density at radius 2 is 1.42 bits per heavy atom. The molecule has 1 aromatic carbocycles. The third kappa shape index (κ3) is 7.43. The van der Waals surface area contributed by atoms with Crippen molar-refractivity contribution in [3.63, 3.8) is 0 Å². The van der Waals surface area contributed by atoms with Crippen molar-refractivity contribution in [1.29, 1.82) is 0 Å². The molecule has 2 N–H and O–H groups in total. The SMILES string of the molecule is COc1cc(C)c(S(=O)(=O)N(C)CCC(=O)NC2CCC(N[C@H]3CC[C@H](N(C)C)CC3)CC2)c(C)c1. The molecule has 0 atom stereocenters. The molecule has 0 bridgehead atoms. The van der Waals surface area contributed by atoms with Gasteiger partial charge < -0.3 is 20.3 Å². The van der Waals surface area contributed by atoms with Crippen LogP contribution in [-0.2, 0) is 14.8 Å². The van der Waals surface area contributed by atoms with Gasteiger partial charge in [-0.2, -0.15) is 0 Å². The van der Waals surface area contributed by atoms with Crippen LogP contribution in [0.2, 0.25) is 0 Å². The maximum atomic E-state index is 13.2. The number of ether oxygens (including phenoxy) is 1. The van der Waals surface area contributed by atoms with Gasteiger partial charge in [-0.15, -0.1) is 0 Å². The Morgan fingerprint density at radius 1 is 0.917 bits per heavy atom. The lowest BCUT2D eigenvalue weighted by Crippen LogP contribution is -2.47. The Labute approximate surface area is 218 Å². The number of carbonyl (C=O) groups excluding carboxylic acids is 1. The van der Waals surface area contributed by atoms with Gasteiger partial charge in [0.15, 0.2) is 0 Å². The summed E-state index contributed by atoms with van der Waals surface area (Å²) in [5, 5.41) is 7.00. The number of benzene rings is 1. The number of hydrogen-bond donors (Lipinski definition) is 2. The van der Waals surface area contributed by atoms with Gasteiger partial charge in [0.1, 0.15) is 5.75 Å². The van der Waals surface area contributed by atoms with E-state index >= 15 is 0 Å². The monoisotopic (exact) mass is 522 g/mol. The quantitative estimate of drug-likeness (QED) is 0.490. The highest BCUT2D eigenvalue weighted by Crippen LogP contribution is 2.28. The van der Waals surface area contributed by atoms with Crippen LogP contribution in [0.5, 0.6) is 5.75 Å². The number of nitrogens with zero attached hydrogens (tertiary/aromatic N) is 2. The summed E-state index contributed by atoms with van der Waals surface area (Å²) in [5.74, 6) is 0.547. The fraction of sp³-hybridized carbons (Fsp3) is 0.741.